The van der Waals surface area contributed by atoms with E-state index < -0.39 is 0 Å². The van der Waals surface area contributed by atoms with Crippen LogP contribution in [0.25, 0.3) is 0 Å². The second-order valence-corrected chi connectivity index (χ2v) is 3.88. The summed E-state index contributed by atoms with van der Waals surface area (Å²) in [4.78, 5) is 4.41. The molecule has 0 radical (unpaired) electrons. The minimum atomic E-state index is 1.02. The number of rotatable bonds is 0. The largest absolute Gasteiger partial charge is 0.353 e. The fraction of sp³-hybridized carbons (Fsp3) is 0. The number of thiophene rings is 1. The molecule has 3 rings (SSSR count). The van der Waals surface area contributed by atoms with E-state index >= 15 is 0 Å². The lowest BCUT2D eigenvalue weighted by Gasteiger charge is -2.04. The maximum atomic E-state index is 4.41. The van der Waals surface area contributed by atoms with Crippen molar-refractivity contribution in [1.82, 2.24) is 0 Å². The summed E-state index contributed by atoms with van der Waals surface area (Å²) in [6.45, 7) is 0. The van der Waals surface area contributed by atoms with Crippen LogP contribution in [0.15, 0.2) is 40.0 Å². The molecule has 0 amide bonds. The second kappa shape index (κ2) is 2.96. The average molecular weight is 200 g/mol. The van der Waals surface area contributed by atoms with Crippen LogP contribution in [-0.4, -0.2) is 6.21 Å². The Bertz CT molecular complexity index is 499. The number of hydrogen-bond acceptors (Lipinski definition) is 3. The minimum Gasteiger partial charge on any atom is -0.353 e. The SMILES string of the molecule is C1=Nc2cscc2Nc2ccccc21. The van der Waals surface area contributed by atoms with Gasteiger partial charge in [-0.1, -0.05) is 18.2 Å². The van der Waals surface area contributed by atoms with Crippen molar-refractivity contribution in [3.63, 3.8) is 0 Å². The molecule has 1 N–H and O–H groups in total. The van der Waals surface area contributed by atoms with Gasteiger partial charge >= 0.3 is 0 Å². The van der Waals surface area contributed by atoms with Gasteiger partial charge in [0.05, 0.1) is 11.4 Å². The first-order chi connectivity index (χ1) is 6.93. The summed E-state index contributed by atoms with van der Waals surface area (Å²) >= 11 is 1.66. The molecule has 0 atom stereocenters. The maximum Gasteiger partial charge on any atom is 0.0971 e. The quantitative estimate of drug-likeness (QED) is 0.589. The van der Waals surface area contributed by atoms with E-state index in [2.05, 4.69) is 27.8 Å². The van der Waals surface area contributed by atoms with Crippen LogP contribution in [0.3, 0.4) is 0 Å². The van der Waals surface area contributed by atoms with Crippen LogP contribution in [-0.2, 0) is 0 Å². The Labute approximate surface area is 85.9 Å². The fourth-order valence-electron chi connectivity index (χ4n) is 1.49. The van der Waals surface area contributed by atoms with Gasteiger partial charge in [0.1, 0.15) is 0 Å². The molecule has 1 aromatic carbocycles. The summed E-state index contributed by atoms with van der Waals surface area (Å²) in [5.74, 6) is 0. The van der Waals surface area contributed by atoms with E-state index in [0.717, 1.165) is 22.6 Å². The molecule has 0 saturated carbocycles. The third-order valence-corrected chi connectivity index (χ3v) is 2.95. The molecule has 1 aliphatic heterocycles. The van der Waals surface area contributed by atoms with Crippen molar-refractivity contribution in [2.24, 2.45) is 4.99 Å². The van der Waals surface area contributed by atoms with Crippen molar-refractivity contribution < 1.29 is 0 Å². The van der Waals surface area contributed by atoms with E-state index in [-0.39, 0.29) is 0 Å². The van der Waals surface area contributed by atoms with Crippen molar-refractivity contribution in [2.45, 2.75) is 0 Å². The predicted octanol–water partition coefficient (Wildman–Crippen LogP) is 3.56. The number of nitrogens with zero attached hydrogens (tertiary/aromatic N) is 1. The number of para-hydroxylation sites is 1. The normalized spacial score (nSPS) is 12.6. The first kappa shape index (κ1) is 7.76. The number of nitrogens with one attached hydrogen (secondary N) is 1. The lowest BCUT2D eigenvalue weighted by molar-refractivity contribution is 1.57. The van der Waals surface area contributed by atoms with E-state index in [1.807, 2.05) is 23.7 Å². The number of benzene rings is 1. The van der Waals surface area contributed by atoms with Gasteiger partial charge in [-0.25, -0.2) is 0 Å². The summed E-state index contributed by atoms with van der Waals surface area (Å²) in [5, 5.41) is 7.49. The van der Waals surface area contributed by atoms with E-state index in [9.17, 15) is 0 Å². The zero-order chi connectivity index (χ0) is 9.38. The van der Waals surface area contributed by atoms with Gasteiger partial charge in [-0.05, 0) is 6.07 Å². The summed E-state index contributed by atoms with van der Waals surface area (Å²) < 4.78 is 0. The fourth-order valence-corrected chi connectivity index (χ4v) is 2.19. The molecule has 68 valence electrons. The Morgan fingerprint density at radius 1 is 1.07 bits per heavy atom. The molecule has 1 aliphatic rings. The second-order valence-electron chi connectivity index (χ2n) is 3.14. The minimum absolute atomic E-state index is 1.02. The molecule has 0 aliphatic carbocycles. The highest BCUT2D eigenvalue weighted by Gasteiger charge is 2.08. The third-order valence-electron chi connectivity index (χ3n) is 2.21. The van der Waals surface area contributed by atoms with Crippen molar-refractivity contribution in [3.8, 4) is 0 Å². The Morgan fingerprint density at radius 3 is 3.00 bits per heavy atom. The summed E-state index contributed by atoms with van der Waals surface area (Å²) in [6.07, 6.45) is 1.90. The zero-order valence-corrected chi connectivity index (χ0v) is 8.21. The van der Waals surface area contributed by atoms with E-state index in [4.69, 9.17) is 0 Å². The Balaban J connectivity index is 2.19. The van der Waals surface area contributed by atoms with Gasteiger partial charge in [0, 0.05) is 28.2 Å². The molecule has 2 heterocycles. The molecular formula is C11H8N2S. The van der Waals surface area contributed by atoms with Crippen LogP contribution < -0.4 is 5.32 Å². The van der Waals surface area contributed by atoms with Crippen molar-refractivity contribution >= 4 is 34.6 Å². The van der Waals surface area contributed by atoms with Gasteiger partial charge in [-0.2, -0.15) is 0 Å². The third kappa shape index (κ3) is 1.14. The van der Waals surface area contributed by atoms with Gasteiger partial charge in [0.15, 0.2) is 0 Å². The van der Waals surface area contributed by atoms with E-state index in [1.54, 1.807) is 11.3 Å². The zero-order valence-electron chi connectivity index (χ0n) is 7.40. The Hall–Kier alpha value is -1.61. The van der Waals surface area contributed by atoms with E-state index in [1.165, 1.54) is 0 Å². The monoisotopic (exact) mass is 200 g/mol. The molecule has 0 bridgehead atoms. The van der Waals surface area contributed by atoms with Gasteiger partial charge in [-0.15, -0.1) is 11.3 Å². The van der Waals surface area contributed by atoms with Gasteiger partial charge in [-0.3, -0.25) is 4.99 Å². The lowest BCUT2D eigenvalue weighted by Crippen LogP contribution is -1.90. The molecule has 0 unspecified atom stereocenters. The van der Waals surface area contributed by atoms with Gasteiger partial charge in [0.2, 0.25) is 0 Å². The number of fused-ring (bicyclic) bond motifs is 2. The Kier molecular flexibility index (Phi) is 1.64. The number of hydrogen-bond donors (Lipinski definition) is 1. The average Bonchev–Trinajstić information content (AvgIpc) is 2.58. The number of anilines is 2. The van der Waals surface area contributed by atoms with Crippen molar-refractivity contribution in [1.29, 1.82) is 0 Å². The van der Waals surface area contributed by atoms with Crippen LogP contribution >= 0.6 is 11.3 Å². The topological polar surface area (TPSA) is 24.4 Å². The van der Waals surface area contributed by atoms with Gasteiger partial charge < -0.3 is 5.32 Å². The van der Waals surface area contributed by atoms with Crippen LogP contribution in [0.1, 0.15) is 5.56 Å². The highest BCUT2D eigenvalue weighted by atomic mass is 32.1. The standard InChI is InChI=1S/C11H8N2S/c1-2-4-9-8(3-1)5-12-10-6-14-7-11(10)13-9/h1-7,13H. The first-order valence-corrected chi connectivity index (χ1v) is 5.34. The molecule has 2 aromatic rings. The molecule has 2 nitrogen and oxygen atoms in total. The molecule has 0 saturated heterocycles. The summed E-state index contributed by atoms with van der Waals surface area (Å²) in [6, 6.07) is 8.16. The highest BCUT2D eigenvalue weighted by molar-refractivity contribution is 7.08. The number of aliphatic imine (C=N–C) groups is 1. The molecular weight excluding hydrogens is 192 g/mol. The van der Waals surface area contributed by atoms with Crippen LogP contribution in [0.2, 0.25) is 0 Å². The summed E-state index contributed by atoms with van der Waals surface area (Å²) in [7, 11) is 0. The van der Waals surface area contributed by atoms with Crippen LogP contribution in [0, 0.1) is 0 Å². The predicted molar refractivity (Wildman–Crippen MR) is 61.3 cm³/mol. The highest BCUT2D eigenvalue weighted by Crippen LogP contribution is 2.34. The van der Waals surface area contributed by atoms with Gasteiger partial charge in [0.25, 0.3) is 0 Å². The Morgan fingerprint density at radius 2 is 2.00 bits per heavy atom. The lowest BCUT2D eigenvalue weighted by atomic mass is 10.2. The first-order valence-electron chi connectivity index (χ1n) is 4.40. The maximum absolute atomic E-state index is 4.41. The molecule has 1 aromatic heterocycles. The smallest absolute Gasteiger partial charge is 0.0971 e. The molecule has 14 heavy (non-hydrogen) atoms. The van der Waals surface area contributed by atoms with Crippen LogP contribution in [0.5, 0.6) is 0 Å². The van der Waals surface area contributed by atoms with E-state index in [0.29, 0.717) is 0 Å². The summed E-state index contributed by atoms with van der Waals surface area (Å²) in [5.41, 5.74) is 4.37. The molecule has 0 spiro atoms. The van der Waals surface area contributed by atoms with Crippen LogP contribution in [0.4, 0.5) is 17.1 Å². The molecule has 3 heteroatoms. The van der Waals surface area contributed by atoms with Crippen molar-refractivity contribution in [3.05, 3.63) is 40.6 Å². The molecule has 0 fully saturated rings. The van der Waals surface area contributed by atoms with Crippen molar-refractivity contribution in [2.75, 3.05) is 5.32 Å².